The maximum absolute atomic E-state index is 12.2. The molecule has 0 aliphatic rings. The number of rotatable bonds is 5. The molecule has 5 nitrogen and oxygen atoms in total. The molecule has 0 aliphatic carbocycles. The van der Waals surface area contributed by atoms with Crippen molar-refractivity contribution in [3.05, 3.63) is 23.2 Å². The summed E-state index contributed by atoms with van der Waals surface area (Å²) in [4.78, 5) is 1.94. The van der Waals surface area contributed by atoms with Gasteiger partial charge in [-0.1, -0.05) is 11.6 Å². The van der Waals surface area contributed by atoms with Crippen molar-refractivity contribution in [3.8, 4) is 0 Å². The van der Waals surface area contributed by atoms with E-state index in [-0.39, 0.29) is 22.0 Å². The van der Waals surface area contributed by atoms with E-state index in [2.05, 4.69) is 4.72 Å². The molecule has 0 amide bonds. The van der Waals surface area contributed by atoms with Gasteiger partial charge in [-0.15, -0.1) is 0 Å². The number of anilines is 1. The Hall–Kier alpha value is -0.820. The number of hydrogen-bond donors (Lipinski definition) is 2. The fourth-order valence-electron chi connectivity index (χ4n) is 1.23. The van der Waals surface area contributed by atoms with E-state index < -0.39 is 10.0 Å². The third-order valence-electron chi connectivity index (χ3n) is 3.15. The van der Waals surface area contributed by atoms with Gasteiger partial charge in [0.1, 0.15) is 4.90 Å². The third kappa shape index (κ3) is 4.07. The molecule has 3 N–H and O–H groups in total. The second kappa shape index (κ2) is 5.66. The lowest BCUT2D eigenvalue weighted by molar-refractivity contribution is 0.199. The van der Waals surface area contributed by atoms with Gasteiger partial charge in [-0.3, -0.25) is 0 Å². The Morgan fingerprint density at radius 2 is 1.95 bits per heavy atom. The van der Waals surface area contributed by atoms with Gasteiger partial charge in [-0.05, 0) is 46.1 Å². The van der Waals surface area contributed by atoms with Crippen molar-refractivity contribution < 1.29 is 8.42 Å². The Morgan fingerprint density at radius 3 is 2.47 bits per heavy atom. The summed E-state index contributed by atoms with van der Waals surface area (Å²) in [6, 6.07) is 4.39. The molecule has 0 fully saturated rings. The molecule has 1 rings (SSSR count). The van der Waals surface area contributed by atoms with Gasteiger partial charge in [-0.25, -0.2) is 13.1 Å². The van der Waals surface area contributed by atoms with E-state index in [9.17, 15) is 8.42 Å². The molecule has 0 aromatic heterocycles. The Bertz CT molecular complexity index is 556. The summed E-state index contributed by atoms with van der Waals surface area (Å²) >= 11 is 5.91. The number of hydrogen-bond acceptors (Lipinski definition) is 4. The van der Waals surface area contributed by atoms with E-state index in [1.54, 1.807) is 6.07 Å². The fraction of sp³-hybridized carbons (Fsp3) is 0.500. The van der Waals surface area contributed by atoms with Crippen molar-refractivity contribution in [2.75, 3.05) is 26.4 Å². The van der Waals surface area contributed by atoms with Crippen LogP contribution < -0.4 is 10.5 Å². The Morgan fingerprint density at radius 1 is 1.37 bits per heavy atom. The van der Waals surface area contributed by atoms with Crippen LogP contribution >= 0.6 is 11.6 Å². The first kappa shape index (κ1) is 16.2. The topological polar surface area (TPSA) is 75.4 Å². The summed E-state index contributed by atoms with van der Waals surface area (Å²) in [6.45, 7) is 4.15. The van der Waals surface area contributed by atoms with Crippen molar-refractivity contribution in [1.82, 2.24) is 9.62 Å². The normalized spacial score (nSPS) is 12.9. The Balaban J connectivity index is 2.97. The summed E-state index contributed by atoms with van der Waals surface area (Å²) in [6.07, 6.45) is 0. The Labute approximate surface area is 119 Å². The Kier molecular flexibility index (Phi) is 4.84. The molecular weight excluding hydrogens is 286 g/mol. The average Bonchev–Trinajstić information content (AvgIpc) is 2.30. The predicted octanol–water partition coefficient (Wildman–Crippen LogP) is 1.54. The molecule has 1 aromatic rings. The van der Waals surface area contributed by atoms with Crippen LogP contribution in [0.15, 0.2) is 23.1 Å². The second-order valence-corrected chi connectivity index (χ2v) is 7.36. The highest BCUT2D eigenvalue weighted by Gasteiger charge is 2.25. The highest BCUT2D eigenvalue weighted by Crippen LogP contribution is 2.23. The smallest absolute Gasteiger partial charge is 0.242 e. The first-order valence-electron chi connectivity index (χ1n) is 5.78. The number of sulfonamides is 1. The zero-order chi connectivity index (χ0) is 14.8. The summed E-state index contributed by atoms with van der Waals surface area (Å²) in [7, 11) is 0.113. The van der Waals surface area contributed by atoms with Crippen LogP contribution in [0.1, 0.15) is 13.8 Å². The van der Waals surface area contributed by atoms with E-state index >= 15 is 0 Å². The molecule has 0 bridgehead atoms. The van der Waals surface area contributed by atoms with Gasteiger partial charge in [-0.2, -0.15) is 0 Å². The van der Waals surface area contributed by atoms with Crippen LogP contribution in [0.3, 0.4) is 0 Å². The third-order valence-corrected chi connectivity index (χ3v) is 5.03. The SMILES string of the molecule is CN(C)C(C)(C)CNS(=O)(=O)c1cc(N)ccc1Cl. The zero-order valence-electron chi connectivity index (χ0n) is 11.6. The first-order chi connectivity index (χ1) is 8.56. The molecule has 0 saturated carbocycles. The van der Waals surface area contributed by atoms with Crippen LogP contribution in [0.2, 0.25) is 5.02 Å². The minimum atomic E-state index is -3.67. The number of nitrogens with one attached hydrogen (secondary N) is 1. The van der Waals surface area contributed by atoms with E-state index in [1.807, 2.05) is 32.8 Å². The summed E-state index contributed by atoms with van der Waals surface area (Å²) < 4.78 is 27.0. The molecule has 0 unspecified atom stereocenters. The van der Waals surface area contributed by atoms with E-state index in [0.717, 1.165) is 0 Å². The van der Waals surface area contributed by atoms with Gasteiger partial charge in [0.05, 0.1) is 5.02 Å². The maximum Gasteiger partial charge on any atom is 0.242 e. The number of nitrogen functional groups attached to an aromatic ring is 1. The van der Waals surface area contributed by atoms with Crippen LogP contribution in [0, 0.1) is 0 Å². The lowest BCUT2D eigenvalue weighted by Crippen LogP contribution is -2.48. The van der Waals surface area contributed by atoms with Gasteiger partial charge in [0.25, 0.3) is 0 Å². The van der Waals surface area contributed by atoms with Crippen LogP contribution in [0.4, 0.5) is 5.69 Å². The number of benzene rings is 1. The van der Waals surface area contributed by atoms with Gasteiger partial charge < -0.3 is 10.6 Å². The van der Waals surface area contributed by atoms with Crippen LogP contribution in [0.5, 0.6) is 0 Å². The molecule has 108 valence electrons. The summed E-state index contributed by atoms with van der Waals surface area (Å²) in [5.41, 5.74) is 5.65. The second-order valence-electron chi connectivity index (χ2n) is 5.22. The van der Waals surface area contributed by atoms with Crippen molar-refractivity contribution in [1.29, 1.82) is 0 Å². The molecular formula is C12H20ClN3O2S. The lowest BCUT2D eigenvalue weighted by Gasteiger charge is -2.32. The number of likely N-dealkylation sites (N-methyl/N-ethyl adjacent to an activating group) is 1. The van der Waals surface area contributed by atoms with Gasteiger partial charge >= 0.3 is 0 Å². The number of nitrogens with two attached hydrogens (primary N) is 1. The van der Waals surface area contributed by atoms with Crippen LogP contribution in [-0.4, -0.2) is 39.5 Å². The standard InChI is InChI=1S/C12H20ClN3O2S/c1-12(2,16(3)4)8-15-19(17,18)11-7-9(14)5-6-10(11)13/h5-7,15H,8,14H2,1-4H3. The molecule has 1 aromatic carbocycles. The van der Waals surface area contributed by atoms with E-state index in [4.69, 9.17) is 17.3 Å². The molecule has 0 radical (unpaired) electrons. The highest BCUT2D eigenvalue weighted by atomic mass is 35.5. The fourth-order valence-corrected chi connectivity index (χ4v) is 2.97. The number of nitrogens with zero attached hydrogens (tertiary/aromatic N) is 1. The molecule has 0 spiro atoms. The van der Waals surface area contributed by atoms with E-state index in [1.165, 1.54) is 12.1 Å². The minimum Gasteiger partial charge on any atom is -0.399 e. The molecule has 19 heavy (non-hydrogen) atoms. The average molecular weight is 306 g/mol. The predicted molar refractivity (Wildman–Crippen MR) is 78.8 cm³/mol. The van der Waals surface area contributed by atoms with Crippen LogP contribution in [0.25, 0.3) is 0 Å². The quantitative estimate of drug-likeness (QED) is 0.809. The molecule has 0 heterocycles. The first-order valence-corrected chi connectivity index (χ1v) is 7.64. The molecule has 0 aliphatic heterocycles. The molecule has 0 saturated heterocycles. The van der Waals surface area contributed by atoms with Crippen molar-refractivity contribution in [2.24, 2.45) is 0 Å². The largest absolute Gasteiger partial charge is 0.399 e. The minimum absolute atomic E-state index is 0.00345. The zero-order valence-corrected chi connectivity index (χ0v) is 13.1. The van der Waals surface area contributed by atoms with Crippen LogP contribution in [-0.2, 0) is 10.0 Å². The van der Waals surface area contributed by atoms with Crippen molar-refractivity contribution >= 4 is 27.3 Å². The van der Waals surface area contributed by atoms with E-state index in [0.29, 0.717) is 5.69 Å². The van der Waals surface area contributed by atoms with Crippen molar-refractivity contribution in [3.63, 3.8) is 0 Å². The summed E-state index contributed by atoms with van der Waals surface area (Å²) in [5, 5.41) is 0.157. The van der Waals surface area contributed by atoms with Gasteiger partial charge in [0.2, 0.25) is 10.0 Å². The van der Waals surface area contributed by atoms with Gasteiger partial charge in [0.15, 0.2) is 0 Å². The van der Waals surface area contributed by atoms with Gasteiger partial charge in [0, 0.05) is 17.8 Å². The highest BCUT2D eigenvalue weighted by molar-refractivity contribution is 7.89. The summed E-state index contributed by atoms with van der Waals surface area (Å²) in [5.74, 6) is 0. The maximum atomic E-state index is 12.2. The lowest BCUT2D eigenvalue weighted by atomic mass is 10.1. The molecule has 7 heteroatoms. The molecule has 0 atom stereocenters. The van der Waals surface area contributed by atoms with Crippen molar-refractivity contribution in [2.45, 2.75) is 24.3 Å². The monoisotopic (exact) mass is 305 g/mol. The number of halogens is 1.